The van der Waals surface area contributed by atoms with Crippen LogP contribution in [0.4, 0.5) is 5.69 Å². The van der Waals surface area contributed by atoms with Crippen molar-refractivity contribution in [1.82, 2.24) is 5.43 Å². The first-order valence-corrected chi connectivity index (χ1v) is 8.35. The predicted molar refractivity (Wildman–Crippen MR) is 106 cm³/mol. The van der Waals surface area contributed by atoms with Gasteiger partial charge < -0.3 is 10.1 Å². The second-order valence-corrected chi connectivity index (χ2v) is 5.86. The van der Waals surface area contributed by atoms with E-state index in [1.165, 1.54) is 6.92 Å². The summed E-state index contributed by atoms with van der Waals surface area (Å²) in [6.45, 7) is 1.43. The fourth-order valence-corrected chi connectivity index (χ4v) is 2.71. The first-order valence-electron chi connectivity index (χ1n) is 8.35. The van der Waals surface area contributed by atoms with Crippen molar-refractivity contribution < 1.29 is 14.3 Å². The zero-order valence-electron chi connectivity index (χ0n) is 15.0. The van der Waals surface area contributed by atoms with Crippen LogP contribution in [0.2, 0.25) is 0 Å². The number of nitrogens with one attached hydrogen (secondary N) is 2. The van der Waals surface area contributed by atoms with Crippen molar-refractivity contribution in [3.63, 3.8) is 0 Å². The third kappa shape index (κ3) is 4.30. The Bertz CT molecular complexity index is 1010. The Morgan fingerprint density at radius 1 is 1.00 bits per heavy atom. The number of rotatable bonds is 5. The maximum absolute atomic E-state index is 12.2. The second kappa shape index (κ2) is 8.14. The number of ether oxygens (including phenoxy) is 1. The van der Waals surface area contributed by atoms with E-state index in [0.29, 0.717) is 17.0 Å². The summed E-state index contributed by atoms with van der Waals surface area (Å²) in [5, 5.41) is 8.76. The molecule has 0 aliphatic heterocycles. The van der Waals surface area contributed by atoms with Crippen LogP contribution in [0.25, 0.3) is 10.8 Å². The van der Waals surface area contributed by atoms with E-state index < -0.39 is 0 Å². The topological polar surface area (TPSA) is 79.8 Å². The Labute approximate surface area is 156 Å². The molecule has 0 radical (unpaired) electrons. The van der Waals surface area contributed by atoms with Crippen molar-refractivity contribution in [2.45, 2.75) is 6.92 Å². The van der Waals surface area contributed by atoms with Crippen LogP contribution in [-0.2, 0) is 4.79 Å². The van der Waals surface area contributed by atoms with Gasteiger partial charge in [0, 0.05) is 23.7 Å². The second-order valence-electron chi connectivity index (χ2n) is 5.86. The molecule has 3 aromatic rings. The fourth-order valence-electron chi connectivity index (χ4n) is 2.71. The van der Waals surface area contributed by atoms with Crippen LogP contribution in [0.1, 0.15) is 22.8 Å². The summed E-state index contributed by atoms with van der Waals surface area (Å²) in [7, 11) is 1.59. The van der Waals surface area contributed by atoms with Crippen molar-refractivity contribution in [1.29, 1.82) is 0 Å². The van der Waals surface area contributed by atoms with Gasteiger partial charge in [-0.2, -0.15) is 5.10 Å². The summed E-state index contributed by atoms with van der Waals surface area (Å²) in [6.07, 6.45) is 1.57. The number of carbonyl (C=O) groups is 2. The largest absolute Gasteiger partial charge is 0.496 e. The van der Waals surface area contributed by atoms with Gasteiger partial charge in [0.25, 0.3) is 5.91 Å². The number of methoxy groups -OCH3 is 1. The average molecular weight is 361 g/mol. The van der Waals surface area contributed by atoms with Crippen LogP contribution in [0, 0.1) is 0 Å². The van der Waals surface area contributed by atoms with E-state index in [2.05, 4.69) is 15.8 Å². The zero-order chi connectivity index (χ0) is 19.2. The fraction of sp³-hybridized carbons (Fsp3) is 0.0952. The van der Waals surface area contributed by atoms with Crippen molar-refractivity contribution >= 4 is 34.5 Å². The molecule has 0 fully saturated rings. The lowest BCUT2D eigenvalue weighted by atomic mass is 10.0. The molecule has 136 valence electrons. The molecule has 0 saturated carbocycles. The number of anilines is 1. The zero-order valence-corrected chi connectivity index (χ0v) is 15.0. The summed E-state index contributed by atoms with van der Waals surface area (Å²) in [5.74, 6) is 0.159. The number of hydrazone groups is 1. The molecule has 27 heavy (non-hydrogen) atoms. The van der Waals surface area contributed by atoms with Crippen LogP contribution in [-0.4, -0.2) is 25.1 Å². The Morgan fingerprint density at radius 2 is 1.74 bits per heavy atom. The number of benzene rings is 3. The first kappa shape index (κ1) is 18.1. The molecular formula is C21H19N3O3. The minimum absolute atomic E-state index is 0.166. The van der Waals surface area contributed by atoms with Gasteiger partial charge in [0.05, 0.1) is 13.3 Å². The Kier molecular flexibility index (Phi) is 5.47. The molecular weight excluding hydrogens is 342 g/mol. The average Bonchev–Trinajstić information content (AvgIpc) is 2.68. The molecule has 0 unspecified atom stereocenters. The van der Waals surface area contributed by atoms with E-state index in [9.17, 15) is 9.59 Å². The highest BCUT2D eigenvalue weighted by molar-refractivity contribution is 6.03. The maximum atomic E-state index is 12.2. The van der Waals surface area contributed by atoms with Crippen molar-refractivity contribution in [3.8, 4) is 5.75 Å². The molecule has 0 atom stereocenters. The third-order valence-corrected chi connectivity index (χ3v) is 3.98. The third-order valence-electron chi connectivity index (χ3n) is 3.98. The number of carbonyl (C=O) groups excluding carboxylic acids is 2. The lowest BCUT2D eigenvalue weighted by molar-refractivity contribution is -0.114. The molecule has 3 rings (SSSR count). The highest BCUT2D eigenvalue weighted by Crippen LogP contribution is 2.26. The SMILES string of the molecule is COc1ccc2ccccc2c1/C=N/NC(=O)c1ccc(NC(C)=O)cc1. The summed E-state index contributed by atoms with van der Waals surface area (Å²) in [4.78, 5) is 23.3. The minimum Gasteiger partial charge on any atom is -0.496 e. The number of hydrogen-bond acceptors (Lipinski definition) is 4. The molecule has 6 nitrogen and oxygen atoms in total. The van der Waals surface area contributed by atoms with Gasteiger partial charge in [-0.25, -0.2) is 5.43 Å². The van der Waals surface area contributed by atoms with Crippen molar-refractivity contribution in [2.24, 2.45) is 5.10 Å². The van der Waals surface area contributed by atoms with Crippen LogP contribution < -0.4 is 15.5 Å². The molecule has 0 bridgehead atoms. The highest BCUT2D eigenvalue weighted by atomic mass is 16.5. The van der Waals surface area contributed by atoms with E-state index in [-0.39, 0.29) is 11.8 Å². The van der Waals surface area contributed by atoms with Crippen LogP contribution >= 0.6 is 0 Å². The molecule has 0 aromatic heterocycles. The Morgan fingerprint density at radius 3 is 2.44 bits per heavy atom. The van der Waals surface area contributed by atoms with Crippen LogP contribution in [0.5, 0.6) is 5.75 Å². The summed E-state index contributed by atoms with van der Waals surface area (Å²) in [6, 6.07) is 18.3. The van der Waals surface area contributed by atoms with Gasteiger partial charge in [0.1, 0.15) is 5.75 Å². The lowest BCUT2D eigenvalue weighted by Crippen LogP contribution is -2.17. The standard InChI is InChI=1S/C21H19N3O3/c1-14(25)23-17-10-7-16(8-11-17)21(26)24-22-13-19-18-6-4-3-5-15(18)9-12-20(19)27-2/h3-13H,1-2H3,(H,23,25)(H,24,26)/b22-13+. The van der Waals surface area contributed by atoms with Crippen molar-refractivity contribution in [3.05, 3.63) is 71.8 Å². The van der Waals surface area contributed by atoms with E-state index in [0.717, 1.165) is 16.3 Å². The van der Waals surface area contributed by atoms with Gasteiger partial charge in [0.15, 0.2) is 0 Å². The number of nitrogens with zero attached hydrogens (tertiary/aromatic N) is 1. The van der Waals surface area contributed by atoms with Gasteiger partial charge >= 0.3 is 0 Å². The van der Waals surface area contributed by atoms with E-state index >= 15 is 0 Å². The van der Waals surface area contributed by atoms with Crippen LogP contribution in [0.3, 0.4) is 0 Å². The van der Waals surface area contributed by atoms with E-state index in [1.54, 1.807) is 37.6 Å². The van der Waals surface area contributed by atoms with Gasteiger partial charge in [-0.1, -0.05) is 30.3 Å². The Balaban J connectivity index is 1.76. The smallest absolute Gasteiger partial charge is 0.271 e. The number of fused-ring (bicyclic) bond motifs is 1. The summed E-state index contributed by atoms with van der Waals surface area (Å²) in [5.41, 5.74) is 4.36. The van der Waals surface area contributed by atoms with E-state index in [4.69, 9.17) is 4.74 Å². The highest BCUT2D eigenvalue weighted by Gasteiger charge is 2.07. The van der Waals surface area contributed by atoms with Gasteiger partial charge in [-0.05, 0) is 41.1 Å². The van der Waals surface area contributed by atoms with E-state index in [1.807, 2.05) is 36.4 Å². The molecule has 0 saturated heterocycles. The molecule has 3 aromatic carbocycles. The normalized spacial score (nSPS) is 10.7. The van der Waals surface area contributed by atoms with Crippen LogP contribution in [0.15, 0.2) is 65.8 Å². The minimum atomic E-state index is -0.347. The Hall–Kier alpha value is -3.67. The lowest BCUT2D eigenvalue weighted by Gasteiger charge is -2.08. The quantitative estimate of drug-likeness (QED) is 0.538. The molecule has 2 N–H and O–H groups in total. The van der Waals surface area contributed by atoms with Gasteiger partial charge in [-0.15, -0.1) is 0 Å². The predicted octanol–water partition coefficient (Wildman–Crippen LogP) is 3.57. The van der Waals surface area contributed by atoms with Crippen molar-refractivity contribution in [2.75, 3.05) is 12.4 Å². The molecule has 0 heterocycles. The molecule has 0 aliphatic carbocycles. The molecule has 0 spiro atoms. The summed E-state index contributed by atoms with van der Waals surface area (Å²) < 4.78 is 5.40. The molecule has 6 heteroatoms. The van der Waals surface area contributed by atoms with Gasteiger partial charge in [-0.3, -0.25) is 9.59 Å². The maximum Gasteiger partial charge on any atom is 0.271 e. The number of amides is 2. The summed E-state index contributed by atoms with van der Waals surface area (Å²) >= 11 is 0. The monoisotopic (exact) mass is 361 g/mol. The molecule has 2 amide bonds. The number of hydrogen-bond donors (Lipinski definition) is 2. The molecule has 0 aliphatic rings. The van der Waals surface area contributed by atoms with Gasteiger partial charge in [0.2, 0.25) is 5.91 Å². The first-order chi connectivity index (χ1) is 13.1.